The Hall–Kier alpha value is -0.420. The van der Waals surface area contributed by atoms with Crippen LogP contribution in [0, 0.1) is 0 Å². The van der Waals surface area contributed by atoms with Crippen LogP contribution in [0.1, 0.15) is 19.4 Å². The zero-order valence-corrected chi connectivity index (χ0v) is 13.5. The minimum atomic E-state index is 0.133. The van der Waals surface area contributed by atoms with Crippen LogP contribution in [0.2, 0.25) is 0 Å². The third-order valence-electron chi connectivity index (χ3n) is 3.71. The van der Waals surface area contributed by atoms with Crippen molar-refractivity contribution < 1.29 is 0 Å². The number of rotatable bonds is 5. The van der Waals surface area contributed by atoms with Crippen LogP contribution in [0.25, 0.3) is 0 Å². The zero-order chi connectivity index (χ0) is 13.7. The summed E-state index contributed by atoms with van der Waals surface area (Å²) in [5.41, 5.74) is 1.50. The molecular weight excluding hydrogens is 302 g/mol. The molecule has 1 aliphatic heterocycles. The van der Waals surface area contributed by atoms with Gasteiger partial charge in [0.05, 0.1) is 0 Å². The van der Waals surface area contributed by atoms with E-state index in [9.17, 15) is 0 Å². The number of hydrogen-bond donors (Lipinski definition) is 2. The Balaban J connectivity index is 1.85. The summed E-state index contributed by atoms with van der Waals surface area (Å²) in [5.74, 6) is 0. The van der Waals surface area contributed by atoms with Crippen molar-refractivity contribution in [1.82, 2.24) is 15.5 Å². The van der Waals surface area contributed by atoms with Gasteiger partial charge in [-0.15, -0.1) is 0 Å². The topological polar surface area (TPSA) is 27.3 Å². The van der Waals surface area contributed by atoms with E-state index in [2.05, 4.69) is 69.6 Å². The number of nitrogens with one attached hydrogen (secondary N) is 2. The van der Waals surface area contributed by atoms with Gasteiger partial charge >= 0.3 is 0 Å². The summed E-state index contributed by atoms with van der Waals surface area (Å²) in [5, 5.41) is 6.98. The third-order valence-corrected chi connectivity index (χ3v) is 4.41. The largest absolute Gasteiger partial charge is 0.314 e. The van der Waals surface area contributed by atoms with Crippen molar-refractivity contribution in [2.45, 2.75) is 19.3 Å². The van der Waals surface area contributed by atoms with E-state index < -0.39 is 0 Å². The number of benzene rings is 1. The van der Waals surface area contributed by atoms with Gasteiger partial charge in [-0.25, -0.2) is 0 Å². The number of hydrogen-bond acceptors (Lipinski definition) is 3. The molecule has 1 heterocycles. The second-order valence-corrected chi connectivity index (χ2v) is 6.67. The molecule has 0 saturated carbocycles. The molecular formula is C15H24BrN3. The fourth-order valence-corrected chi connectivity index (χ4v) is 3.32. The molecule has 0 amide bonds. The summed E-state index contributed by atoms with van der Waals surface area (Å²) < 4.78 is 1.20. The first-order valence-corrected chi connectivity index (χ1v) is 7.78. The third kappa shape index (κ3) is 4.28. The van der Waals surface area contributed by atoms with Gasteiger partial charge in [-0.1, -0.05) is 48.0 Å². The lowest BCUT2D eigenvalue weighted by atomic mass is 9.85. The van der Waals surface area contributed by atoms with Gasteiger partial charge < -0.3 is 10.6 Å². The van der Waals surface area contributed by atoms with E-state index in [1.807, 2.05) is 0 Å². The molecule has 1 aliphatic rings. The summed E-state index contributed by atoms with van der Waals surface area (Å²) in [6.45, 7) is 11.0. The fraction of sp³-hybridized carbons (Fsp3) is 0.600. The molecule has 1 aromatic rings. The van der Waals surface area contributed by atoms with Crippen LogP contribution in [0.5, 0.6) is 0 Å². The normalized spacial score (nSPS) is 17.6. The van der Waals surface area contributed by atoms with Gasteiger partial charge in [0.2, 0.25) is 0 Å². The quantitative estimate of drug-likeness (QED) is 0.868. The second kappa shape index (κ2) is 6.84. The zero-order valence-electron chi connectivity index (χ0n) is 11.9. The molecule has 4 heteroatoms. The van der Waals surface area contributed by atoms with Crippen LogP contribution in [-0.2, 0) is 5.41 Å². The second-order valence-electron chi connectivity index (χ2n) is 5.82. The van der Waals surface area contributed by atoms with Crippen LogP contribution in [-0.4, -0.2) is 44.3 Å². The van der Waals surface area contributed by atoms with Crippen LogP contribution in [0.3, 0.4) is 0 Å². The molecule has 2 N–H and O–H groups in total. The summed E-state index contributed by atoms with van der Waals surface area (Å²) in [6, 6.07) is 8.50. The molecule has 0 unspecified atom stereocenters. The fourth-order valence-electron chi connectivity index (χ4n) is 2.50. The minimum Gasteiger partial charge on any atom is -0.314 e. The predicted molar refractivity (Wildman–Crippen MR) is 84.5 cm³/mol. The first-order chi connectivity index (χ1) is 9.09. The summed E-state index contributed by atoms with van der Waals surface area (Å²) in [6.07, 6.45) is 0. The van der Waals surface area contributed by atoms with E-state index in [4.69, 9.17) is 0 Å². The van der Waals surface area contributed by atoms with Crippen molar-refractivity contribution >= 4 is 15.9 Å². The maximum atomic E-state index is 3.65. The Morgan fingerprint density at radius 3 is 2.63 bits per heavy atom. The number of halogens is 1. The highest BCUT2D eigenvalue weighted by Crippen LogP contribution is 2.29. The van der Waals surface area contributed by atoms with E-state index in [1.54, 1.807) is 0 Å². The first-order valence-electron chi connectivity index (χ1n) is 6.98. The average molecular weight is 326 g/mol. The van der Waals surface area contributed by atoms with Gasteiger partial charge in [-0.3, -0.25) is 4.90 Å². The monoisotopic (exact) mass is 325 g/mol. The Kier molecular flexibility index (Phi) is 5.39. The van der Waals surface area contributed by atoms with Gasteiger partial charge in [-0.2, -0.15) is 0 Å². The maximum absolute atomic E-state index is 3.65. The molecule has 3 nitrogen and oxygen atoms in total. The minimum absolute atomic E-state index is 0.133. The van der Waals surface area contributed by atoms with E-state index in [0.717, 1.165) is 39.4 Å². The van der Waals surface area contributed by atoms with Gasteiger partial charge in [-0.05, 0) is 11.6 Å². The molecule has 1 saturated heterocycles. The van der Waals surface area contributed by atoms with Gasteiger partial charge in [0.15, 0.2) is 0 Å². The lowest BCUT2D eigenvalue weighted by Gasteiger charge is -2.31. The van der Waals surface area contributed by atoms with Gasteiger partial charge in [0.1, 0.15) is 0 Å². The number of piperazine rings is 1. The van der Waals surface area contributed by atoms with Crippen molar-refractivity contribution in [3.63, 3.8) is 0 Å². The van der Waals surface area contributed by atoms with Crippen molar-refractivity contribution in [3.05, 3.63) is 34.3 Å². The highest BCUT2D eigenvalue weighted by atomic mass is 79.9. The Morgan fingerprint density at radius 1 is 1.26 bits per heavy atom. The SMILES string of the molecule is CC(C)(CNCN1CCNCC1)c1ccccc1Br. The Labute approximate surface area is 124 Å². The standard InChI is InChI=1S/C15H24BrN3/c1-15(2,13-5-3-4-6-14(13)16)11-18-12-19-9-7-17-8-10-19/h3-6,17-18H,7-12H2,1-2H3. The molecule has 2 rings (SSSR count). The molecule has 19 heavy (non-hydrogen) atoms. The Morgan fingerprint density at radius 2 is 1.95 bits per heavy atom. The van der Waals surface area contributed by atoms with Crippen LogP contribution >= 0.6 is 15.9 Å². The van der Waals surface area contributed by atoms with E-state index in [1.165, 1.54) is 10.0 Å². The van der Waals surface area contributed by atoms with Gasteiger partial charge in [0.25, 0.3) is 0 Å². The lowest BCUT2D eigenvalue weighted by molar-refractivity contribution is 0.217. The summed E-state index contributed by atoms with van der Waals surface area (Å²) in [7, 11) is 0. The lowest BCUT2D eigenvalue weighted by Crippen LogP contribution is -2.48. The summed E-state index contributed by atoms with van der Waals surface area (Å²) in [4.78, 5) is 2.46. The van der Waals surface area contributed by atoms with E-state index in [0.29, 0.717) is 0 Å². The van der Waals surface area contributed by atoms with Crippen LogP contribution < -0.4 is 10.6 Å². The molecule has 1 aromatic carbocycles. The molecule has 0 radical (unpaired) electrons. The Bertz CT molecular complexity index is 400. The van der Waals surface area contributed by atoms with E-state index >= 15 is 0 Å². The molecule has 1 fully saturated rings. The van der Waals surface area contributed by atoms with Crippen molar-refractivity contribution in [1.29, 1.82) is 0 Å². The molecule has 0 atom stereocenters. The highest BCUT2D eigenvalue weighted by molar-refractivity contribution is 9.10. The van der Waals surface area contributed by atoms with E-state index in [-0.39, 0.29) is 5.41 Å². The predicted octanol–water partition coefficient (Wildman–Crippen LogP) is 2.18. The summed E-state index contributed by atoms with van der Waals surface area (Å²) >= 11 is 3.65. The molecule has 0 aliphatic carbocycles. The number of nitrogens with zero attached hydrogens (tertiary/aromatic N) is 1. The van der Waals surface area contributed by atoms with Crippen molar-refractivity contribution in [2.75, 3.05) is 39.4 Å². The van der Waals surface area contributed by atoms with Gasteiger partial charge in [0, 0.05) is 49.3 Å². The molecule has 0 spiro atoms. The smallest absolute Gasteiger partial charge is 0.0481 e. The van der Waals surface area contributed by atoms with Crippen LogP contribution in [0.4, 0.5) is 0 Å². The van der Waals surface area contributed by atoms with Crippen LogP contribution in [0.15, 0.2) is 28.7 Å². The van der Waals surface area contributed by atoms with Crippen molar-refractivity contribution in [2.24, 2.45) is 0 Å². The average Bonchev–Trinajstić information content (AvgIpc) is 2.40. The maximum Gasteiger partial charge on any atom is 0.0481 e. The molecule has 106 valence electrons. The molecule has 0 aromatic heterocycles. The van der Waals surface area contributed by atoms with Crippen molar-refractivity contribution in [3.8, 4) is 0 Å². The highest BCUT2D eigenvalue weighted by Gasteiger charge is 2.22. The first kappa shape index (κ1) is 15.0. The molecule has 0 bridgehead atoms.